The van der Waals surface area contributed by atoms with Crippen LogP contribution in [0, 0.1) is 5.92 Å². The Morgan fingerprint density at radius 1 is 1.08 bits per heavy atom. The molecule has 0 bridgehead atoms. The van der Waals surface area contributed by atoms with E-state index in [2.05, 4.69) is 0 Å². The molecule has 2 fully saturated rings. The zero-order valence-corrected chi connectivity index (χ0v) is 22.1. The van der Waals surface area contributed by atoms with Crippen molar-refractivity contribution in [3.05, 3.63) is 53.9 Å². The fourth-order valence-corrected chi connectivity index (χ4v) is 5.52. The van der Waals surface area contributed by atoms with E-state index < -0.39 is 12.0 Å². The first-order valence-corrected chi connectivity index (χ1v) is 13.3. The average Bonchev–Trinajstić information content (AvgIpc) is 3.38. The van der Waals surface area contributed by atoms with E-state index in [9.17, 15) is 19.5 Å². The Morgan fingerprint density at radius 3 is 2.45 bits per heavy atom. The number of ether oxygens (including phenoxy) is 1. The normalized spacial score (nSPS) is 17.6. The number of anilines is 1. The minimum Gasteiger partial charge on any atom is -0.490 e. The van der Waals surface area contributed by atoms with Crippen LogP contribution in [0.4, 0.5) is 10.5 Å². The standard InChI is InChI=1S/C29H34N4O5/c1-18(2)15-25(27-30-23-14-9-19(28(35)36)16-24(23)31(27)3)33-26(34)17-32(29(33)37)20-10-12-22(13-11-20)38-21-7-5-4-6-8-21/h9-14,16,18,21,25H,4-8,15,17H2,1-3H3,(H,35,36)/t25-/m0/s1. The van der Waals surface area contributed by atoms with Crippen molar-refractivity contribution in [1.29, 1.82) is 0 Å². The molecule has 3 amide bonds. The maximum Gasteiger partial charge on any atom is 0.335 e. The van der Waals surface area contributed by atoms with Crippen molar-refractivity contribution in [1.82, 2.24) is 14.5 Å². The van der Waals surface area contributed by atoms with Gasteiger partial charge in [0.2, 0.25) is 0 Å². The monoisotopic (exact) mass is 518 g/mol. The van der Waals surface area contributed by atoms with Gasteiger partial charge in [-0.3, -0.25) is 14.6 Å². The maximum atomic E-state index is 13.7. The second-order valence-corrected chi connectivity index (χ2v) is 10.7. The highest BCUT2D eigenvalue weighted by molar-refractivity contribution is 6.12. The Labute approximate surface area is 222 Å². The summed E-state index contributed by atoms with van der Waals surface area (Å²) >= 11 is 0. The van der Waals surface area contributed by atoms with Gasteiger partial charge >= 0.3 is 12.0 Å². The highest BCUT2D eigenvalue weighted by atomic mass is 16.5. The Bertz CT molecular complexity index is 1360. The van der Waals surface area contributed by atoms with Crippen LogP contribution in [0.3, 0.4) is 0 Å². The second-order valence-electron chi connectivity index (χ2n) is 10.7. The summed E-state index contributed by atoms with van der Waals surface area (Å²) in [6.07, 6.45) is 6.52. The van der Waals surface area contributed by atoms with E-state index in [1.807, 2.05) is 38.1 Å². The number of aryl methyl sites for hydroxylation is 1. The van der Waals surface area contributed by atoms with Crippen LogP contribution in [0.1, 0.15) is 74.6 Å². The van der Waals surface area contributed by atoms with E-state index in [1.165, 1.54) is 35.1 Å². The van der Waals surface area contributed by atoms with Crippen molar-refractivity contribution in [3.63, 3.8) is 0 Å². The number of carbonyl (C=O) groups excluding carboxylic acids is 2. The zero-order chi connectivity index (χ0) is 27.0. The van der Waals surface area contributed by atoms with Crippen LogP contribution in [0.2, 0.25) is 0 Å². The molecule has 0 spiro atoms. The first-order chi connectivity index (χ1) is 18.2. The third-order valence-corrected chi connectivity index (χ3v) is 7.47. The lowest BCUT2D eigenvalue weighted by Crippen LogP contribution is -2.38. The molecule has 1 aromatic heterocycles. The van der Waals surface area contributed by atoms with Gasteiger partial charge in [-0.25, -0.2) is 14.6 Å². The number of hydrogen-bond donors (Lipinski definition) is 1. The molecule has 38 heavy (non-hydrogen) atoms. The highest BCUT2D eigenvalue weighted by Gasteiger charge is 2.43. The maximum absolute atomic E-state index is 13.7. The molecular weight excluding hydrogens is 484 g/mol. The summed E-state index contributed by atoms with van der Waals surface area (Å²) < 4.78 is 7.91. The van der Waals surface area contributed by atoms with Crippen molar-refractivity contribution in [2.45, 2.75) is 64.5 Å². The molecule has 200 valence electrons. The van der Waals surface area contributed by atoms with Crippen LogP contribution in [-0.4, -0.2) is 50.1 Å². The summed E-state index contributed by atoms with van der Waals surface area (Å²) in [5, 5.41) is 9.41. The first kappa shape index (κ1) is 25.8. The third kappa shape index (κ3) is 4.97. The smallest absolute Gasteiger partial charge is 0.335 e. The van der Waals surface area contributed by atoms with Crippen LogP contribution in [0.5, 0.6) is 5.75 Å². The first-order valence-electron chi connectivity index (χ1n) is 13.3. The lowest BCUT2D eigenvalue weighted by molar-refractivity contribution is -0.127. The van der Waals surface area contributed by atoms with Crippen molar-refractivity contribution >= 4 is 34.6 Å². The molecule has 0 unspecified atom stereocenters. The second kappa shape index (κ2) is 10.5. The lowest BCUT2D eigenvalue weighted by atomic mass is 9.98. The number of carbonyl (C=O) groups is 3. The highest BCUT2D eigenvalue weighted by Crippen LogP contribution is 2.35. The van der Waals surface area contributed by atoms with E-state index in [-0.39, 0.29) is 36.1 Å². The Hall–Kier alpha value is -3.88. The van der Waals surface area contributed by atoms with Gasteiger partial charge in [0.15, 0.2) is 0 Å². The number of aromatic nitrogens is 2. The number of fused-ring (bicyclic) bond motifs is 1. The molecule has 2 aromatic carbocycles. The number of amides is 3. The van der Waals surface area contributed by atoms with E-state index >= 15 is 0 Å². The topological polar surface area (TPSA) is 105 Å². The number of aromatic carboxylic acids is 1. The molecule has 1 aliphatic heterocycles. The number of hydrogen-bond acceptors (Lipinski definition) is 5. The summed E-state index contributed by atoms with van der Waals surface area (Å²) in [5.74, 6) is 0.190. The largest absolute Gasteiger partial charge is 0.490 e. The molecule has 1 aliphatic carbocycles. The average molecular weight is 519 g/mol. The van der Waals surface area contributed by atoms with Crippen LogP contribution in [0.25, 0.3) is 11.0 Å². The molecule has 3 aromatic rings. The molecule has 2 heterocycles. The van der Waals surface area contributed by atoms with E-state index in [0.29, 0.717) is 29.0 Å². The van der Waals surface area contributed by atoms with Gasteiger partial charge in [0.05, 0.1) is 28.7 Å². The number of imidazole rings is 1. The van der Waals surface area contributed by atoms with Gasteiger partial charge in [-0.15, -0.1) is 0 Å². The molecular formula is C29H34N4O5. The summed E-state index contributed by atoms with van der Waals surface area (Å²) in [7, 11) is 1.79. The molecule has 2 aliphatic rings. The molecule has 9 heteroatoms. The van der Waals surface area contributed by atoms with Crippen molar-refractivity contribution in [2.75, 3.05) is 11.4 Å². The van der Waals surface area contributed by atoms with E-state index in [4.69, 9.17) is 9.72 Å². The van der Waals surface area contributed by atoms with Crippen molar-refractivity contribution in [3.8, 4) is 5.75 Å². The lowest BCUT2D eigenvalue weighted by Gasteiger charge is -2.27. The van der Waals surface area contributed by atoms with Gasteiger partial charge in [0, 0.05) is 12.7 Å². The Balaban J connectivity index is 1.41. The predicted molar refractivity (Wildman–Crippen MR) is 143 cm³/mol. The van der Waals surface area contributed by atoms with Gasteiger partial charge < -0.3 is 14.4 Å². The number of nitrogens with zero attached hydrogens (tertiary/aromatic N) is 4. The minimum atomic E-state index is -1.02. The van der Waals surface area contributed by atoms with E-state index in [0.717, 1.165) is 18.6 Å². The van der Waals surface area contributed by atoms with Crippen LogP contribution in [-0.2, 0) is 11.8 Å². The number of benzene rings is 2. The summed E-state index contributed by atoms with van der Waals surface area (Å²) in [6, 6.07) is 11.1. The molecule has 9 nitrogen and oxygen atoms in total. The zero-order valence-electron chi connectivity index (χ0n) is 22.1. The van der Waals surface area contributed by atoms with Gasteiger partial charge in [-0.2, -0.15) is 0 Å². The SMILES string of the molecule is CC(C)C[C@@H](c1nc2ccc(C(=O)O)cc2n1C)N1C(=O)CN(c2ccc(OC3CCCCC3)cc2)C1=O. The Morgan fingerprint density at radius 2 is 1.79 bits per heavy atom. The van der Waals surface area contributed by atoms with Crippen LogP contribution < -0.4 is 9.64 Å². The molecule has 1 N–H and O–H groups in total. The fourth-order valence-electron chi connectivity index (χ4n) is 5.52. The summed E-state index contributed by atoms with van der Waals surface area (Å²) in [5.41, 5.74) is 2.05. The van der Waals surface area contributed by atoms with Crippen molar-refractivity contribution < 1.29 is 24.2 Å². The number of carboxylic acids is 1. The van der Waals surface area contributed by atoms with Gasteiger partial charge in [0.25, 0.3) is 5.91 Å². The predicted octanol–water partition coefficient (Wildman–Crippen LogP) is 5.54. The fraction of sp³-hybridized carbons (Fsp3) is 0.448. The number of imide groups is 1. The van der Waals surface area contributed by atoms with Crippen molar-refractivity contribution in [2.24, 2.45) is 13.0 Å². The molecule has 0 radical (unpaired) electrons. The van der Waals surface area contributed by atoms with Gasteiger partial charge in [-0.05, 0) is 80.5 Å². The van der Waals surface area contributed by atoms with E-state index in [1.54, 1.807) is 23.7 Å². The molecule has 5 rings (SSSR count). The molecule has 1 saturated heterocycles. The molecule has 1 saturated carbocycles. The number of rotatable bonds is 8. The summed E-state index contributed by atoms with van der Waals surface area (Å²) in [6.45, 7) is 4.02. The molecule has 1 atom stereocenters. The Kier molecular flexibility index (Phi) is 7.10. The van der Waals surface area contributed by atoms with Gasteiger partial charge in [-0.1, -0.05) is 20.3 Å². The van der Waals surface area contributed by atoms with Crippen LogP contribution in [0.15, 0.2) is 42.5 Å². The third-order valence-electron chi connectivity index (χ3n) is 7.47. The van der Waals surface area contributed by atoms with Crippen LogP contribution >= 0.6 is 0 Å². The van der Waals surface area contributed by atoms with Gasteiger partial charge in [0.1, 0.15) is 18.1 Å². The summed E-state index contributed by atoms with van der Waals surface area (Å²) in [4.78, 5) is 46.0. The number of urea groups is 1. The quantitative estimate of drug-likeness (QED) is 0.393. The number of carboxylic acid groups (broad SMARTS) is 1. The minimum absolute atomic E-state index is 0.0522.